The molecule has 492 valence electrons. The van der Waals surface area contributed by atoms with Crippen molar-refractivity contribution in [1.29, 1.82) is 0 Å². The van der Waals surface area contributed by atoms with E-state index in [9.17, 15) is 53.4 Å². The number of nitrogens with one attached hydrogen (secondary N) is 4. The molecule has 0 bridgehead atoms. The summed E-state index contributed by atoms with van der Waals surface area (Å²) in [7, 11) is 9.63. The third-order valence-corrected chi connectivity index (χ3v) is 16.1. The summed E-state index contributed by atoms with van der Waals surface area (Å²) in [6, 6.07) is -13.0. The van der Waals surface area contributed by atoms with E-state index in [-0.39, 0.29) is 49.9 Å². The lowest BCUT2D eigenvalue weighted by atomic mass is 9.91. The summed E-state index contributed by atoms with van der Waals surface area (Å²) >= 11 is 0. The molecule has 24 heteroatoms. The van der Waals surface area contributed by atoms with Gasteiger partial charge in [0.2, 0.25) is 65.0 Å². The van der Waals surface area contributed by atoms with Crippen LogP contribution in [0.2, 0.25) is 0 Å². The molecule has 0 aromatic heterocycles. The highest BCUT2D eigenvalue weighted by Crippen LogP contribution is 2.26. The average molecular weight is 1220 g/mol. The third-order valence-electron chi connectivity index (χ3n) is 16.1. The SMILES string of the molecule is C/C=C/C[C@@H](C)[C@@H](O)[C@H]1C(=O)N[C@@H](CC)C(=O)N(C)CC(=O)N(C)[C@@H](CC(C)C)C(=O)N[C@@H](C(C)C)C(=O)N(C)[C@@H](CC(C)C)C(=O)N[C@@H](C)C(=O)N[C@H](C)C(=O)N(C)[C@@H](CC(C)(C)O)C(=O)N(C)[C@@H](CC(C)C)C(=O)N(C)[C@@H](C(C)C)C(=O)N1C. The molecule has 24 nitrogen and oxygen atoms in total. The standard InChI is InChI=1S/C62H111N11O13/c1-25-27-28-39(13)51(75)50-55(79)65-42(26-2)57(81)67(18)33-47(74)68(19)43(29-34(3)4)54(78)66-48(37(9)10)60(84)69(20)44(30-35(5)6)53(77)63-40(14)52(76)64-41(15)56(80)71(22)46(32-62(16,17)86)59(83)70(21)45(31-36(7)8)58(82)72(23)49(38(11)12)61(85)73(50)24/h25,27,34-46,48-51,75,86H,26,28-33H2,1-24H3,(H,63,77)(H,64,76)(H,65,79)(H,66,78)/b27-25+/t39-,40+,41-,42+,43+,44+,45+,46+,48+,49+,50+,51-/m1/s1. The summed E-state index contributed by atoms with van der Waals surface area (Å²) in [5, 5.41) is 34.2. The Bertz CT molecular complexity index is 2370. The van der Waals surface area contributed by atoms with Gasteiger partial charge in [-0.25, -0.2) is 0 Å². The van der Waals surface area contributed by atoms with Gasteiger partial charge in [-0.3, -0.25) is 52.7 Å². The number of hydrogen-bond acceptors (Lipinski definition) is 13. The number of amides is 11. The number of rotatable bonds is 15. The number of aliphatic hydroxyl groups is 2. The van der Waals surface area contributed by atoms with Crippen LogP contribution in [0.5, 0.6) is 0 Å². The van der Waals surface area contributed by atoms with E-state index < -0.39 is 161 Å². The lowest BCUT2D eigenvalue weighted by molar-refractivity contribution is -0.158. The molecule has 0 aromatic carbocycles. The number of carbonyl (C=O) groups excluding carboxylic acids is 11. The quantitative estimate of drug-likeness (QED) is 0.129. The number of aliphatic hydroxyl groups excluding tert-OH is 1. The molecule has 0 unspecified atom stereocenters. The Labute approximate surface area is 513 Å². The highest BCUT2D eigenvalue weighted by atomic mass is 16.3. The molecule has 0 spiro atoms. The van der Waals surface area contributed by atoms with E-state index in [1.54, 1.807) is 60.6 Å². The van der Waals surface area contributed by atoms with E-state index >= 15 is 9.59 Å². The summed E-state index contributed by atoms with van der Waals surface area (Å²) < 4.78 is 0. The molecule has 0 aromatic rings. The van der Waals surface area contributed by atoms with E-state index in [1.807, 2.05) is 41.5 Å². The Morgan fingerprint density at radius 2 is 0.953 bits per heavy atom. The van der Waals surface area contributed by atoms with E-state index in [0.717, 1.165) is 14.7 Å². The molecule has 1 aliphatic rings. The van der Waals surface area contributed by atoms with Gasteiger partial charge in [0, 0.05) is 55.8 Å². The van der Waals surface area contributed by atoms with Gasteiger partial charge in [-0.1, -0.05) is 95.2 Å². The zero-order valence-corrected chi connectivity index (χ0v) is 56.4. The van der Waals surface area contributed by atoms with Crippen molar-refractivity contribution in [2.45, 2.75) is 228 Å². The van der Waals surface area contributed by atoms with Gasteiger partial charge in [0.05, 0.1) is 18.2 Å². The first-order valence-corrected chi connectivity index (χ1v) is 30.6. The fourth-order valence-electron chi connectivity index (χ4n) is 10.7. The molecule has 1 saturated heterocycles. The van der Waals surface area contributed by atoms with Crippen molar-refractivity contribution in [3.63, 3.8) is 0 Å². The van der Waals surface area contributed by atoms with Gasteiger partial charge in [0.25, 0.3) is 0 Å². The zero-order valence-electron chi connectivity index (χ0n) is 56.4. The predicted octanol–water partition coefficient (Wildman–Crippen LogP) is 2.38. The van der Waals surface area contributed by atoms with Crippen molar-refractivity contribution in [2.75, 3.05) is 55.9 Å². The van der Waals surface area contributed by atoms with Crippen LogP contribution < -0.4 is 21.3 Å². The molecule has 1 rings (SSSR count). The summed E-state index contributed by atoms with van der Waals surface area (Å²) in [4.78, 5) is 168. The molecule has 11 amide bonds. The van der Waals surface area contributed by atoms with Crippen LogP contribution in [0.15, 0.2) is 12.2 Å². The highest BCUT2D eigenvalue weighted by molar-refractivity contribution is 5.99. The van der Waals surface area contributed by atoms with Crippen molar-refractivity contribution in [3.05, 3.63) is 12.2 Å². The summed E-state index contributed by atoms with van der Waals surface area (Å²) in [6.07, 6.45) is 2.38. The van der Waals surface area contributed by atoms with Crippen LogP contribution in [0.25, 0.3) is 0 Å². The second-order valence-electron chi connectivity index (χ2n) is 26.5. The molecule has 0 radical (unpaired) electrons. The number of hydrogen-bond donors (Lipinski definition) is 6. The minimum atomic E-state index is -1.64. The summed E-state index contributed by atoms with van der Waals surface area (Å²) in [5.41, 5.74) is -1.56. The van der Waals surface area contributed by atoms with Crippen molar-refractivity contribution >= 4 is 65.0 Å². The van der Waals surface area contributed by atoms with Gasteiger partial charge in [-0.15, -0.1) is 0 Å². The largest absolute Gasteiger partial charge is 0.390 e. The summed E-state index contributed by atoms with van der Waals surface area (Å²) in [5.74, 6) is -10.3. The van der Waals surface area contributed by atoms with E-state index in [1.165, 1.54) is 96.6 Å². The van der Waals surface area contributed by atoms with E-state index in [0.29, 0.717) is 6.42 Å². The topological polar surface area (TPSA) is 299 Å². The second-order valence-corrected chi connectivity index (χ2v) is 26.5. The number of carbonyl (C=O) groups is 11. The Kier molecular flexibility index (Phi) is 31.1. The minimum absolute atomic E-state index is 0.00763. The molecule has 0 aliphatic carbocycles. The molecule has 12 atom stereocenters. The smallest absolute Gasteiger partial charge is 0.246 e. The van der Waals surface area contributed by atoms with Crippen molar-refractivity contribution in [2.24, 2.45) is 35.5 Å². The fraction of sp³-hybridized carbons (Fsp3) is 0.790. The molecule has 86 heavy (non-hydrogen) atoms. The van der Waals surface area contributed by atoms with Crippen LogP contribution in [0.1, 0.15) is 156 Å². The van der Waals surface area contributed by atoms with Crippen LogP contribution in [-0.4, -0.2) is 237 Å². The number of allylic oxidation sites excluding steroid dienone is 2. The van der Waals surface area contributed by atoms with Crippen molar-refractivity contribution < 1.29 is 63.0 Å². The molecular formula is C62H111N11O13. The van der Waals surface area contributed by atoms with Crippen molar-refractivity contribution in [1.82, 2.24) is 55.6 Å². The maximum Gasteiger partial charge on any atom is 0.246 e. The van der Waals surface area contributed by atoms with Crippen LogP contribution >= 0.6 is 0 Å². The maximum atomic E-state index is 15.1. The Morgan fingerprint density at radius 1 is 0.512 bits per heavy atom. The van der Waals surface area contributed by atoms with Crippen LogP contribution in [-0.2, 0) is 52.7 Å². The molecule has 1 heterocycles. The Balaban J connectivity index is 4.36. The summed E-state index contributed by atoms with van der Waals surface area (Å²) in [6.45, 7) is 28.1. The highest BCUT2D eigenvalue weighted by Gasteiger charge is 2.46. The normalized spacial score (nSPS) is 26.9. The Morgan fingerprint density at radius 3 is 1.42 bits per heavy atom. The first-order chi connectivity index (χ1) is 39.5. The van der Waals surface area contributed by atoms with Crippen LogP contribution in [0, 0.1) is 35.5 Å². The third kappa shape index (κ3) is 21.9. The first-order valence-electron chi connectivity index (χ1n) is 30.6. The number of likely N-dealkylation sites (N-methyl/N-ethyl adjacent to an activating group) is 7. The van der Waals surface area contributed by atoms with Crippen molar-refractivity contribution in [3.8, 4) is 0 Å². The minimum Gasteiger partial charge on any atom is -0.390 e. The molecule has 6 N–H and O–H groups in total. The monoisotopic (exact) mass is 1220 g/mol. The van der Waals surface area contributed by atoms with Gasteiger partial charge in [0.15, 0.2) is 0 Å². The van der Waals surface area contributed by atoms with Gasteiger partial charge in [-0.05, 0) is 102 Å². The van der Waals surface area contributed by atoms with E-state index in [4.69, 9.17) is 0 Å². The Hall–Kier alpha value is -6.17. The van der Waals surface area contributed by atoms with E-state index in [2.05, 4.69) is 21.3 Å². The van der Waals surface area contributed by atoms with Gasteiger partial charge >= 0.3 is 0 Å². The average Bonchev–Trinajstić information content (AvgIpc) is 2.11. The number of nitrogens with zero attached hydrogens (tertiary/aromatic N) is 7. The predicted molar refractivity (Wildman–Crippen MR) is 330 cm³/mol. The maximum absolute atomic E-state index is 15.1. The first kappa shape index (κ1) is 77.8. The molecule has 1 aliphatic heterocycles. The van der Waals surface area contributed by atoms with Crippen LogP contribution in [0.4, 0.5) is 0 Å². The van der Waals surface area contributed by atoms with Gasteiger partial charge < -0.3 is 65.8 Å². The van der Waals surface area contributed by atoms with Gasteiger partial charge in [-0.2, -0.15) is 0 Å². The fourth-order valence-corrected chi connectivity index (χ4v) is 10.7. The molecule has 0 saturated carbocycles. The lowest BCUT2D eigenvalue weighted by Crippen LogP contribution is -2.63. The van der Waals surface area contributed by atoms with Gasteiger partial charge in [0.1, 0.15) is 60.4 Å². The van der Waals surface area contributed by atoms with Crippen LogP contribution in [0.3, 0.4) is 0 Å². The lowest BCUT2D eigenvalue weighted by Gasteiger charge is -2.42. The zero-order chi connectivity index (χ0) is 66.9. The molecular weight excluding hydrogens is 1110 g/mol. The second kappa shape index (κ2) is 34.4. The molecule has 1 fully saturated rings.